The highest BCUT2D eigenvalue weighted by Crippen LogP contribution is 2.30. The zero-order valence-corrected chi connectivity index (χ0v) is 11.1. The zero-order chi connectivity index (χ0) is 13.7. The summed E-state index contributed by atoms with van der Waals surface area (Å²) in [6.07, 6.45) is 3.44. The molecule has 0 saturated carbocycles. The van der Waals surface area contributed by atoms with Crippen LogP contribution in [0.1, 0.15) is 38.5 Å². The molecule has 2 aliphatic heterocycles. The van der Waals surface area contributed by atoms with E-state index in [9.17, 15) is 9.59 Å². The van der Waals surface area contributed by atoms with Crippen molar-refractivity contribution in [3.8, 4) is 0 Å². The van der Waals surface area contributed by atoms with Crippen LogP contribution < -0.4 is 0 Å². The fourth-order valence-corrected chi connectivity index (χ4v) is 2.64. The number of hydrogen-bond donors (Lipinski definition) is 1. The van der Waals surface area contributed by atoms with E-state index in [0.29, 0.717) is 39.0 Å². The van der Waals surface area contributed by atoms with Crippen molar-refractivity contribution >= 4 is 11.9 Å². The van der Waals surface area contributed by atoms with Gasteiger partial charge >= 0.3 is 5.97 Å². The number of rotatable bonds is 5. The first-order chi connectivity index (χ1) is 9.11. The molecule has 0 aromatic carbocycles. The lowest BCUT2D eigenvalue weighted by Crippen LogP contribution is -2.51. The monoisotopic (exact) mass is 271 g/mol. The maximum Gasteiger partial charge on any atom is 0.303 e. The first-order valence-electron chi connectivity index (χ1n) is 6.89. The fraction of sp³-hybridized carbons (Fsp3) is 0.846. The van der Waals surface area contributed by atoms with Gasteiger partial charge in [0.2, 0.25) is 5.91 Å². The highest BCUT2D eigenvalue weighted by Gasteiger charge is 2.41. The molecule has 0 aliphatic carbocycles. The Morgan fingerprint density at radius 1 is 1.16 bits per heavy atom. The highest BCUT2D eigenvalue weighted by molar-refractivity contribution is 5.76. The quantitative estimate of drug-likeness (QED) is 0.755. The van der Waals surface area contributed by atoms with E-state index in [1.54, 1.807) is 4.90 Å². The van der Waals surface area contributed by atoms with Gasteiger partial charge in [-0.15, -0.1) is 0 Å². The molecule has 0 atom stereocenters. The second-order valence-electron chi connectivity index (χ2n) is 5.13. The van der Waals surface area contributed by atoms with E-state index < -0.39 is 11.8 Å². The smallest absolute Gasteiger partial charge is 0.303 e. The van der Waals surface area contributed by atoms with Gasteiger partial charge in [-0.2, -0.15) is 0 Å². The topological polar surface area (TPSA) is 76.1 Å². The lowest BCUT2D eigenvalue weighted by Gasteiger charge is -2.38. The van der Waals surface area contributed by atoms with Crippen molar-refractivity contribution in [2.45, 2.75) is 44.3 Å². The van der Waals surface area contributed by atoms with E-state index in [-0.39, 0.29) is 12.3 Å². The third-order valence-electron chi connectivity index (χ3n) is 3.62. The lowest BCUT2D eigenvalue weighted by atomic mass is 10.0. The van der Waals surface area contributed by atoms with Crippen LogP contribution in [-0.4, -0.2) is 54.0 Å². The Hall–Kier alpha value is -1.14. The minimum Gasteiger partial charge on any atom is -0.481 e. The molecule has 2 aliphatic rings. The Kier molecular flexibility index (Phi) is 4.76. The third-order valence-corrected chi connectivity index (χ3v) is 3.62. The minimum absolute atomic E-state index is 0.0727. The summed E-state index contributed by atoms with van der Waals surface area (Å²) in [4.78, 5) is 24.2. The van der Waals surface area contributed by atoms with E-state index in [1.165, 1.54) is 0 Å². The molecule has 19 heavy (non-hydrogen) atoms. The number of carboxylic acid groups (broad SMARTS) is 1. The Bertz CT molecular complexity index is 338. The first-order valence-corrected chi connectivity index (χ1v) is 6.89. The Morgan fingerprint density at radius 2 is 1.84 bits per heavy atom. The van der Waals surface area contributed by atoms with Gasteiger partial charge in [0.25, 0.3) is 0 Å². The summed E-state index contributed by atoms with van der Waals surface area (Å²) >= 11 is 0. The van der Waals surface area contributed by atoms with Crippen LogP contribution in [0.2, 0.25) is 0 Å². The number of aliphatic carboxylic acids is 1. The van der Waals surface area contributed by atoms with Crippen molar-refractivity contribution in [3.63, 3.8) is 0 Å². The number of nitrogens with zero attached hydrogens (tertiary/aromatic N) is 1. The van der Waals surface area contributed by atoms with Crippen molar-refractivity contribution < 1.29 is 24.2 Å². The largest absolute Gasteiger partial charge is 0.481 e. The number of likely N-dealkylation sites (tertiary alicyclic amines) is 1. The van der Waals surface area contributed by atoms with E-state index in [2.05, 4.69) is 0 Å². The predicted octanol–water partition coefficient (Wildman–Crippen LogP) is 0.997. The number of carboxylic acids is 1. The molecule has 2 saturated heterocycles. The molecule has 0 unspecified atom stereocenters. The molecular weight excluding hydrogens is 250 g/mol. The van der Waals surface area contributed by atoms with Crippen LogP contribution in [-0.2, 0) is 19.1 Å². The van der Waals surface area contributed by atoms with Crippen molar-refractivity contribution in [2.75, 3.05) is 26.3 Å². The second kappa shape index (κ2) is 6.34. The third kappa shape index (κ3) is 3.91. The number of hydrogen-bond acceptors (Lipinski definition) is 4. The summed E-state index contributed by atoms with van der Waals surface area (Å²) < 4.78 is 11.3. The van der Waals surface area contributed by atoms with Crippen LogP contribution in [0.4, 0.5) is 0 Å². The molecule has 1 spiro atoms. The summed E-state index contributed by atoms with van der Waals surface area (Å²) in [6.45, 7) is 2.44. The van der Waals surface area contributed by atoms with Gasteiger partial charge < -0.3 is 19.5 Å². The number of ether oxygens (including phenoxy) is 2. The van der Waals surface area contributed by atoms with Crippen LogP contribution >= 0.6 is 0 Å². The number of carbonyl (C=O) groups excluding carboxylic acids is 1. The maximum absolute atomic E-state index is 12.1. The van der Waals surface area contributed by atoms with E-state index in [1.807, 2.05) is 0 Å². The minimum atomic E-state index is -0.808. The summed E-state index contributed by atoms with van der Waals surface area (Å²) in [5, 5.41) is 8.54. The standard InChI is InChI=1S/C13H21NO5/c15-11(4-1-2-5-12(16)17)14-7-3-6-13(10-14)18-8-9-19-13/h1-10H2,(H,16,17). The molecule has 0 aromatic rings. The van der Waals surface area contributed by atoms with E-state index in [4.69, 9.17) is 14.6 Å². The van der Waals surface area contributed by atoms with Gasteiger partial charge in [-0.1, -0.05) is 0 Å². The van der Waals surface area contributed by atoms with E-state index in [0.717, 1.165) is 19.4 Å². The Labute approximate surface area is 112 Å². The summed E-state index contributed by atoms with van der Waals surface area (Å²) in [7, 11) is 0. The number of carbonyl (C=O) groups is 2. The molecule has 6 nitrogen and oxygen atoms in total. The Morgan fingerprint density at radius 3 is 2.53 bits per heavy atom. The summed E-state index contributed by atoms with van der Waals surface area (Å²) in [5.74, 6) is -1.31. The van der Waals surface area contributed by atoms with Gasteiger partial charge in [0, 0.05) is 25.8 Å². The van der Waals surface area contributed by atoms with Crippen LogP contribution in [0.5, 0.6) is 0 Å². The number of unbranched alkanes of at least 4 members (excludes halogenated alkanes) is 1. The van der Waals surface area contributed by atoms with Gasteiger partial charge in [-0.25, -0.2) is 0 Å². The van der Waals surface area contributed by atoms with Gasteiger partial charge in [0.15, 0.2) is 5.79 Å². The van der Waals surface area contributed by atoms with Crippen LogP contribution in [0.15, 0.2) is 0 Å². The van der Waals surface area contributed by atoms with Crippen LogP contribution in [0.3, 0.4) is 0 Å². The molecule has 0 bridgehead atoms. The van der Waals surface area contributed by atoms with Gasteiger partial charge in [-0.3, -0.25) is 9.59 Å². The average molecular weight is 271 g/mol. The van der Waals surface area contributed by atoms with Gasteiger partial charge in [-0.05, 0) is 19.3 Å². The first kappa shape index (κ1) is 14.3. The van der Waals surface area contributed by atoms with Crippen molar-refractivity contribution in [1.82, 2.24) is 4.90 Å². The number of amides is 1. The van der Waals surface area contributed by atoms with Crippen molar-refractivity contribution in [3.05, 3.63) is 0 Å². The molecular formula is C13H21NO5. The molecule has 2 rings (SSSR count). The van der Waals surface area contributed by atoms with E-state index >= 15 is 0 Å². The predicted molar refractivity (Wildman–Crippen MR) is 66.6 cm³/mol. The average Bonchev–Trinajstić information content (AvgIpc) is 2.82. The molecule has 1 amide bonds. The molecule has 2 heterocycles. The Balaban J connectivity index is 1.74. The second-order valence-corrected chi connectivity index (χ2v) is 5.13. The van der Waals surface area contributed by atoms with Crippen LogP contribution in [0, 0.1) is 0 Å². The molecule has 108 valence electrons. The summed E-state index contributed by atoms with van der Waals surface area (Å²) in [5.41, 5.74) is 0. The fourth-order valence-electron chi connectivity index (χ4n) is 2.64. The van der Waals surface area contributed by atoms with Crippen molar-refractivity contribution in [2.24, 2.45) is 0 Å². The van der Waals surface area contributed by atoms with Gasteiger partial charge in [0.05, 0.1) is 19.8 Å². The van der Waals surface area contributed by atoms with Gasteiger partial charge in [0.1, 0.15) is 0 Å². The molecule has 2 fully saturated rings. The molecule has 6 heteroatoms. The van der Waals surface area contributed by atoms with Crippen molar-refractivity contribution in [1.29, 1.82) is 0 Å². The normalized spacial score (nSPS) is 21.8. The maximum atomic E-state index is 12.1. The lowest BCUT2D eigenvalue weighted by molar-refractivity contribution is -0.193. The number of piperidine rings is 1. The zero-order valence-electron chi connectivity index (χ0n) is 11.1. The van der Waals surface area contributed by atoms with Crippen LogP contribution in [0.25, 0.3) is 0 Å². The molecule has 0 aromatic heterocycles. The molecule has 1 N–H and O–H groups in total. The highest BCUT2D eigenvalue weighted by atomic mass is 16.7. The molecule has 0 radical (unpaired) electrons. The SMILES string of the molecule is O=C(O)CCCCC(=O)N1CCCC2(C1)OCCO2. The summed E-state index contributed by atoms with van der Waals surface area (Å²) in [6, 6.07) is 0.